The summed E-state index contributed by atoms with van der Waals surface area (Å²) in [7, 11) is 0.0355. The first-order valence-electron chi connectivity index (χ1n) is 2.77. The molecule has 5 heteroatoms. The van der Waals surface area contributed by atoms with Crippen LogP contribution in [0.4, 0.5) is 0 Å². The Morgan fingerprint density at radius 3 is 2.67 bits per heavy atom. The van der Waals surface area contributed by atoms with Crippen LogP contribution < -0.4 is 10.2 Å². The van der Waals surface area contributed by atoms with Gasteiger partial charge in [0.25, 0.3) is 0 Å². The maximum Gasteiger partial charge on any atom is 0.205 e. The van der Waals surface area contributed by atoms with Crippen molar-refractivity contribution in [2.75, 3.05) is 19.3 Å². The highest BCUT2D eigenvalue weighted by Gasteiger charge is 2.00. The molecule has 0 amide bonds. The first kappa shape index (κ1) is 9.03. The van der Waals surface area contributed by atoms with E-state index >= 15 is 0 Å². The van der Waals surface area contributed by atoms with Crippen LogP contribution in [0.1, 0.15) is 6.42 Å². The molecular formula is C4H12N2O2S. The summed E-state index contributed by atoms with van der Waals surface area (Å²) in [4.78, 5) is 0. The molecule has 2 unspecified atom stereocenters. The highest BCUT2D eigenvalue weighted by atomic mass is 32.2. The summed E-state index contributed by atoms with van der Waals surface area (Å²) in [5, 5.41) is 10.3. The molecule has 4 nitrogen and oxygen atoms in total. The highest BCUT2D eigenvalue weighted by Crippen LogP contribution is 1.74. The number of rotatable bonds is 4. The molecule has 0 heterocycles. The van der Waals surface area contributed by atoms with Crippen LogP contribution in [0, 0.1) is 5.21 Å². The second kappa shape index (κ2) is 4.87. The molecule has 0 bridgehead atoms. The zero-order valence-corrected chi connectivity index (χ0v) is 6.24. The van der Waals surface area contributed by atoms with E-state index in [0.29, 0.717) is 18.7 Å². The first-order valence-corrected chi connectivity index (χ1v) is 4.09. The van der Waals surface area contributed by atoms with Gasteiger partial charge in [0.1, 0.15) is 0 Å². The van der Waals surface area contributed by atoms with E-state index in [-0.39, 0.29) is 4.47 Å². The molecule has 0 aromatic heterocycles. The normalized spacial score (nSPS) is 17.2. The van der Waals surface area contributed by atoms with Crippen molar-refractivity contribution >= 4 is 11.0 Å². The van der Waals surface area contributed by atoms with Crippen molar-refractivity contribution in [3.8, 4) is 0 Å². The lowest BCUT2D eigenvalue weighted by atomic mass is 10.5. The monoisotopic (exact) mass is 152 g/mol. The largest absolute Gasteiger partial charge is 0.620 e. The smallest absolute Gasteiger partial charge is 0.205 e. The van der Waals surface area contributed by atoms with Crippen LogP contribution in [-0.4, -0.2) is 23.6 Å². The van der Waals surface area contributed by atoms with Gasteiger partial charge in [0.05, 0.1) is 12.8 Å². The van der Waals surface area contributed by atoms with Crippen molar-refractivity contribution in [3.05, 3.63) is 5.21 Å². The summed E-state index contributed by atoms with van der Waals surface area (Å²) in [5.74, 6) is 0.409. The summed E-state index contributed by atoms with van der Waals surface area (Å²) in [6.07, 6.45) is 0.659. The molecule has 2 atom stereocenters. The molecular weight excluding hydrogens is 140 g/mol. The van der Waals surface area contributed by atoms with E-state index in [9.17, 15) is 9.42 Å². The first-order chi connectivity index (χ1) is 4.18. The number of nitrogens with one attached hydrogen (secondary N) is 1. The lowest BCUT2D eigenvalue weighted by Crippen LogP contribution is -3.04. The van der Waals surface area contributed by atoms with E-state index in [2.05, 4.69) is 0 Å². The van der Waals surface area contributed by atoms with Gasteiger partial charge in [-0.25, -0.2) is 0 Å². The Kier molecular flexibility index (Phi) is 4.88. The second-order valence-corrected chi connectivity index (χ2v) is 3.36. The number of hydroxylamine groups is 1. The summed E-state index contributed by atoms with van der Waals surface area (Å²) >= 11 is 0. The van der Waals surface area contributed by atoms with Gasteiger partial charge in [0, 0.05) is 0 Å². The van der Waals surface area contributed by atoms with E-state index in [4.69, 9.17) is 5.73 Å². The third kappa shape index (κ3) is 4.53. The van der Waals surface area contributed by atoms with Gasteiger partial charge >= 0.3 is 0 Å². The van der Waals surface area contributed by atoms with Gasteiger partial charge in [-0.05, 0) is 13.0 Å². The highest BCUT2D eigenvalue weighted by molar-refractivity contribution is 7.78. The Hall–Kier alpha value is 0.0300. The molecule has 0 aliphatic carbocycles. The lowest BCUT2D eigenvalue weighted by Gasteiger charge is -2.12. The minimum atomic E-state index is -1.29. The van der Waals surface area contributed by atoms with E-state index in [1.54, 1.807) is 0 Å². The van der Waals surface area contributed by atoms with E-state index in [1.165, 1.54) is 7.05 Å². The number of nitrogens with two attached hydrogens (primary N) is 1. The predicted octanol–water partition coefficient (Wildman–Crippen LogP) is -1.99. The zero-order valence-electron chi connectivity index (χ0n) is 5.42. The van der Waals surface area contributed by atoms with E-state index in [0.717, 1.165) is 0 Å². The Morgan fingerprint density at radius 2 is 2.33 bits per heavy atom. The van der Waals surface area contributed by atoms with Crippen LogP contribution in [0.5, 0.6) is 0 Å². The van der Waals surface area contributed by atoms with E-state index in [1.807, 2.05) is 0 Å². The summed E-state index contributed by atoms with van der Waals surface area (Å²) < 4.78 is 10.3. The van der Waals surface area contributed by atoms with Gasteiger partial charge in [-0.15, -0.1) is 0 Å². The van der Waals surface area contributed by atoms with Gasteiger partial charge in [0.15, 0.2) is 0 Å². The van der Waals surface area contributed by atoms with Gasteiger partial charge in [-0.2, -0.15) is 4.21 Å². The third-order valence-corrected chi connectivity index (χ3v) is 2.16. The molecule has 0 fully saturated rings. The molecule has 0 spiro atoms. The minimum absolute atomic E-state index is 0.261. The van der Waals surface area contributed by atoms with Crippen molar-refractivity contribution < 1.29 is 8.68 Å². The molecule has 0 aromatic carbocycles. The second-order valence-electron chi connectivity index (χ2n) is 1.68. The van der Waals surface area contributed by atoms with E-state index < -0.39 is 11.0 Å². The predicted molar refractivity (Wildman–Crippen MR) is 36.9 cm³/mol. The topological polar surface area (TPSA) is 70.6 Å². The summed E-state index contributed by atoms with van der Waals surface area (Å²) in [5.41, 5.74) is 5.13. The Bertz CT molecular complexity index is 96.6. The maximum atomic E-state index is 10.6. The molecule has 0 radical (unpaired) electrons. The van der Waals surface area contributed by atoms with Crippen LogP contribution in [0.25, 0.3) is 0 Å². The molecule has 0 aromatic rings. The van der Waals surface area contributed by atoms with Crippen LogP contribution in [-0.2, 0) is 11.0 Å². The van der Waals surface area contributed by atoms with Crippen molar-refractivity contribution in [1.29, 1.82) is 0 Å². The average molecular weight is 152 g/mol. The SMILES string of the molecule is C[NH+]([O-])S(=O)CCCN. The molecule has 3 N–H and O–H groups in total. The lowest BCUT2D eigenvalue weighted by molar-refractivity contribution is -0.674. The number of quaternary nitrogens is 1. The van der Waals surface area contributed by atoms with Crippen molar-refractivity contribution in [2.45, 2.75) is 6.42 Å². The van der Waals surface area contributed by atoms with Gasteiger partial charge < -0.3 is 10.9 Å². The Labute approximate surface area is 57.2 Å². The molecule has 56 valence electrons. The Morgan fingerprint density at radius 1 is 1.78 bits per heavy atom. The zero-order chi connectivity index (χ0) is 7.28. The molecule has 0 saturated heterocycles. The number of hydrogen-bond donors (Lipinski definition) is 2. The minimum Gasteiger partial charge on any atom is -0.620 e. The summed E-state index contributed by atoms with van der Waals surface area (Å²) in [6, 6.07) is 0. The average Bonchev–Trinajstić information content (AvgIpc) is 1.82. The number of hydrogen-bond acceptors (Lipinski definition) is 3. The fraction of sp³-hybridized carbons (Fsp3) is 1.00. The molecule has 0 rings (SSSR count). The fourth-order valence-electron chi connectivity index (χ4n) is 0.358. The van der Waals surface area contributed by atoms with Crippen molar-refractivity contribution in [1.82, 2.24) is 0 Å². The molecule has 9 heavy (non-hydrogen) atoms. The van der Waals surface area contributed by atoms with Crippen LogP contribution in [0.2, 0.25) is 0 Å². The third-order valence-electron chi connectivity index (χ3n) is 0.854. The van der Waals surface area contributed by atoms with Gasteiger partial charge in [-0.3, -0.25) is 4.47 Å². The maximum absolute atomic E-state index is 10.6. The Balaban J connectivity index is 3.28. The van der Waals surface area contributed by atoms with Crippen LogP contribution >= 0.6 is 0 Å². The molecule has 0 saturated carbocycles. The standard InChI is InChI=1S/C4H12N2O2S/c1-6(7)9(8)4-2-3-5/h6H,2-5H2,1H3. The summed E-state index contributed by atoms with van der Waals surface area (Å²) in [6.45, 7) is 0.499. The van der Waals surface area contributed by atoms with Gasteiger partial charge in [-0.1, -0.05) is 0 Å². The van der Waals surface area contributed by atoms with Crippen LogP contribution in [0.3, 0.4) is 0 Å². The fourth-order valence-corrected chi connectivity index (χ4v) is 1.07. The van der Waals surface area contributed by atoms with Crippen molar-refractivity contribution in [2.24, 2.45) is 5.73 Å². The molecule has 0 aliphatic rings. The molecule has 0 aliphatic heterocycles. The van der Waals surface area contributed by atoms with Crippen LogP contribution in [0.15, 0.2) is 0 Å². The van der Waals surface area contributed by atoms with Gasteiger partial charge in [0.2, 0.25) is 11.0 Å². The van der Waals surface area contributed by atoms with Crippen molar-refractivity contribution in [3.63, 3.8) is 0 Å². The quantitative estimate of drug-likeness (QED) is 0.458.